The van der Waals surface area contributed by atoms with E-state index in [0.29, 0.717) is 5.43 Å². The maximum Gasteiger partial charge on any atom is 0.342 e. The van der Waals surface area contributed by atoms with Gasteiger partial charge < -0.3 is 0 Å². The van der Waals surface area contributed by atoms with Gasteiger partial charge in [0, 0.05) is 9.75 Å². The largest absolute Gasteiger partial charge is 0.342 e. The Hall–Kier alpha value is -0.630. The van der Waals surface area contributed by atoms with Crippen molar-refractivity contribution in [1.82, 2.24) is 0 Å². The lowest BCUT2D eigenvalue weighted by molar-refractivity contribution is 0.577. The first-order valence-electron chi connectivity index (χ1n) is 2.79. The Morgan fingerprint density at radius 3 is 2.00 bits per heavy atom. The first-order chi connectivity index (χ1) is 4.18. The van der Waals surface area contributed by atoms with Gasteiger partial charge in [0.1, 0.15) is 0 Å². The van der Waals surface area contributed by atoms with Gasteiger partial charge in [-0.25, -0.2) is 0 Å². The fourth-order valence-corrected chi connectivity index (χ4v) is 1.64. The monoisotopic (exact) mass is 141 g/mol. The third-order valence-electron chi connectivity index (χ3n) is 1.02. The van der Waals surface area contributed by atoms with E-state index in [1.165, 1.54) is 0 Å². The Balaban J connectivity index is 3.33. The predicted molar refractivity (Wildman–Crippen MR) is 38.9 cm³/mol. The van der Waals surface area contributed by atoms with Crippen molar-refractivity contribution < 1.29 is 4.79 Å². The zero-order valence-corrected chi connectivity index (χ0v) is 6.33. The van der Waals surface area contributed by atoms with Crippen molar-refractivity contribution in [1.29, 1.82) is 0 Å². The molecule has 0 unspecified atom stereocenters. The first kappa shape index (κ1) is 6.49. The fraction of sp³-hybridized carbons (Fsp3) is 0.286. The molecular weight excluding hydrogens is 132 g/mol. The van der Waals surface area contributed by atoms with E-state index in [-0.39, 0.29) is 0 Å². The fourth-order valence-electron chi connectivity index (χ4n) is 0.771. The van der Waals surface area contributed by atoms with Crippen molar-refractivity contribution >= 4 is 11.3 Å². The van der Waals surface area contributed by atoms with Crippen LogP contribution >= 0.6 is 11.3 Å². The number of aryl methyl sites for hydroxylation is 2. The molecule has 0 fully saturated rings. The van der Waals surface area contributed by atoms with Crippen molar-refractivity contribution in [3.8, 4) is 0 Å². The Morgan fingerprint density at radius 2 is 1.67 bits per heavy atom. The zero-order valence-electron chi connectivity index (χ0n) is 5.51. The maximum absolute atomic E-state index is 9.00. The molecule has 1 heterocycles. The molecule has 0 bridgehead atoms. The lowest BCUT2D eigenvalue weighted by Gasteiger charge is -1.86. The summed E-state index contributed by atoms with van der Waals surface area (Å²) in [5.74, 6) is 0. The third-order valence-corrected chi connectivity index (χ3v) is 1.90. The molecule has 48 valence electrons. The SMILES string of the molecule is Cc1cc(=[OH+])cc(C)s1. The van der Waals surface area contributed by atoms with Gasteiger partial charge >= 0.3 is 5.43 Å². The molecule has 0 aliphatic rings. The summed E-state index contributed by atoms with van der Waals surface area (Å²) < 4.78 is 0. The van der Waals surface area contributed by atoms with E-state index in [4.69, 9.17) is 4.79 Å². The summed E-state index contributed by atoms with van der Waals surface area (Å²) in [5, 5.41) is 0. The van der Waals surface area contributed by atoms with E-state index in [2.05, 4.69) is 0 Å². The quantitative estimate of drug-likeness (QED) is 0.487. The summed E-state index contributed by atoms with van der Waals surface area (Å²) in [7, 11) is 0. The molecule has 0 aliphatic carbocycles. The van der Waals surface area contributed by atoms with E-state index >= 15 is 0 Å². The minimum atomic E-state index is 0.365. The Morgan fingerprint density at radius 1 is 1.22 bits per heavy atom. The average molecular weight is 141 g/mol. The van der Waals surface area contributed by atoms with Crippen molar-refractivity contribution in [2.45, 2.75) is 13.8 Å². The van der Waals surface area contributed by atoms with Crippen molar-refractivity contribution in [2.75, 3.05) is 0 Å². The molecule has 0 aliphatic heterocycles. The predicted octanol–water partition coefficient (Wildman–Crippen LogP) is 1.37. The standard InChI is InChI=1S/C7H8OS/c1-5-3-7(8)4-6(2)9-5/h3-4H,1-2H3/p+1. The van der Waals surface area contributed by atoms with Gasteiger partial charge in [-0.1, -0.05) is 0 Å². The Kier molecular flexibility index (Phi) is 1.67. The van der Waals surface area contributed by atoms with Crippen molar-refractivity contribution in [2.24, 2.45) is 0 Å². The second-order valence-electron chi connectivity index (χ2n) is 2.04. The van der Waals surface area contributed by atoms with E-state index in [0.717, 1.165) is 9.75 Å². The van der Waals surface area contributed by atoms with Crippen LogP contribution in [0.2, 0.25) is 0 Å². The summed E-state index contributed by atoms with van der Waals surface area (Å²) in [6.07, 6.45) is 0. The van der Waals surface area contributed by atoms with E-state index < -0.39 is 0 Å². The molecule has 1 rings (SSSR count). The lowest BCUT2D eigenvalue weighted by Crippen LogP contribution is -1.98. The smallest absolute Gasteiger partial charge is 0.274 e. The van der Waals surface area contributed by atoms with Crippen molar-refractivity contribution in [3.63, 3.8) is 0 Å². The highest BCUT2D eigenvalue weighted by atomic mass is 32.1. The summed E-state index contributed by atoms with van der Waals surface area (Å²) >= 11 is 1.69. The van der Waals surface area contributed by atoms with Gasteiger partial charge in [-0.15, -0.1) is 11.3 Å². The second-order valence-corrected chi connectivity index (χ2v) is 3.53. The average Bonchev–Trinajstić information content (AvgIpc) is 1.59. The van der Waals surface area contributed by atoms with Gasteiger partial charge in [0.25, 0.3) is 0 Å². The molecule has 0 atom stereocenters. The van der Waals surface area contributed by atoms with Crippen LogP contribution in [0.5, 0.6) is 0 Å². The van der Waals surface area contributed by atoms with E-state index in [1.807, 2.05) is 13.8 Å². The van der Waals surface area contributed by atoms with Crippen LogP contribution in [0.25, 0.3) is 0 Å². The minimum Gasteiger partial charge on any atom is -0.274 e. The zero-order chi connectivity index (χ0) is 6.85. The van der Waals surface area contributed by atoms with Gasteiger partial charge in [0.15, 0.2) is 0 Å². The highest BCUT2D eigenvalue weighted by molar-refractivity contribution is 7.11. The molecular formula is C7H9OS+. The van der Waals surface area contributed by atoms with Crippen LogP contribution in [0.4, 0.5) is 0 Å². The molecule has 0 aromatic carbocycles. The van der Waals surface area contributed by atoms with Crippen LogP contribution in [-0.2, 0) is 0 Å². The van der Waals surface area contributed by atoms with Crippen LogP contribution in [0.1, 0.15) is 9.75 Å². The van der Waals surface area contributed by atoms with Crippen LogP contribution in [0.15, 0.2) is 12.1 Å². The summed E-state index contributed by atoms with van der Waals surface area (Å²) in [4.78, 5) is 11.3. The summed E-state index contributed by atoms with van der Waals surface area (Å²) in [5.41, 5.74) is 0.365. The molecule has 2 heteroatoms. The Bertz CT molecular complexity index is 239. The number of rotatable bonds is 0. The molecule has 0 radical (unpaired) electrons. The molecule has 9 heavy (non-hydrogen) atoms. The first-order valence-corrected chi connectivity index (χ1v) is 3.60. The van der Waals surface area contributed by atoms with E-state index in [9.17, 15) is 0 Å². The van der Waals surface area contributed by atoms with Crippen molar-refractivity contribution in [3.05, 3.63) is 27.3 Å². The number of hydrogen-bond acceptors (Lipinski definition) is 1. The van der Waals surface area contributed by atoms with E-state index in [1.54, 1.807) is 23.5 Å². The summed E-state index contributed by atoms with van der Waals surface area (Å²) in [6.45, 7) is 3.97. The van der Waals surface area contributed by atoms with Gasteiger partial charge in [-0.2, -0.15) is 0 Å². The normalized spacial score (nSPS) is 9.56. The Labute approximate surface area is 58.0 Å². The molecule has 1 aromatic heterocycles. The van der Waals surface area contributed by atoms with Crippen LogP contribution < -0.4 is 5.43 Å². The maximum atomic E-state index is 9.00. The molecule has 0 saturated carbocycles. The van der Waals surface area contributed by atoms with Gasteiger partial charge in [-0.3, -0.25) is 4.79 Å². The molecule has 1 N–H and O–H groups in total. The van der Waals surface area contributed by atoms with Crippen LogP contribution in [-0.4, -0.2) is 4.79 Å². The lowest BCUT2D eigenvalue weighted by atomic mass is 10.4. The molecule has 1 aromatic rings. The highest BCUT2D eigenvalue weighted by Gasteiger charge is 1.93. The molecule has 1 nitrogen and oxygen atoms in total. The summed E-state index contributed by atoms with van der Waals surface area (Å²) in [6, 6.07) is 3.52. The van der Waals surface area contributed by atoms with Gasteiger partial charge in [-0.05, 0) is 13.8 Å². The van der Waals surface area contributed by atoms with Gasteiger partial charge in [0.05, 0.1) is 12.1 Å². The third kappa shape index (κ3) is 1.64. The molecule has 0 amide bonds. The minimum absolute atomic E-state index is 0.365. The van der Waals surface area contributed by atoms with Crippen LogP contribution in [0.3, 0.4) is 0 Å². The topological polar surface area (TPSA) is 21.4 Å². The molecule has 0 saturated heterocycles. The van der Waals surface area contributed by atoms with Crippen LogP contribution in [0, 0.1) is 13.8 Å². The van der Waals surface area contributed by atoms with Gasteiger partial charge in [0.2, 0.25) is 0 Å². The molecule has 0 spiro atoms. The number of hydrogen-bond donors (Lipinski definition) is 0. The second kappa shape index (κ2) is 2.31. The highest BCUT2D eigenvalue weighted by Crippen LogP contribution is 2.06.